The summed E-state index contributed by atoms with van der Waals surface area (Å²) in [6.45, 7) is 2.70. The van der Waals surface area contributed by atoms with Gasteiger partial charge in [0.2, 0.25) is 0 Å². The Bertz CT molecular complexity index is 188. The van der Waals surface area contributed by atoms with Crippen LogP contribution < -0.4 is 5.73 Å². The van der Waals surface area contributed by atoms with E-state index in [-0.39, 0.29) is 5.97 Å². The molecule has 0 radical (unpaired) electrons. The van der Waals surface area contributed by atoms with Gasteiger partial charge in [-0.05, 0) is 25.7 Å². The van der Waals surface area contributed by atoms with E-state index in [2.05, 4.69) is 6.92 Å². The fraction of sp³-hybridized carbons (Fsp3) is 0.909. The number of hydrogen-bond donors (Lipinski definition) is 1. The van der Waals surface area contributed by atoms with Crippen LogP contribution in [0.1, 0.15) is 51.9 Å². The standard InChI is InChI=1S/C11H21NO2/c1-2-3-4-5-9-14-10(13)11(12)7-6-8-11/h2-9,12H2,1H3. The molecule has 0 aliphatic heterocycles. The molecule has 82 valence electrons. The van der Waals surface area contributed by atoms with Crippen LogP contribution in [0.15, 0.2) is 0 Å². The molecule has 0 aromatic carbocycles. The molecular weight excluding hydrogens is 178 g/mol. The van der Waals surface area contributed by atoms with E-state index in [4.69, 9.17) is 10.5 Å². The lowest BCUT2D eigenvalue weighted by atomic mass is 9.78. The average molecular weight is 199 g/mol. The highest BCUT2D eigenvalue weighted by Crippen LogP contribution is 2.30. The number of ether oxygens (including phenoxy) is 1. The Hall–Kier alpha value is -0.570. The Morgan fingerprint density at radius 2 is 2.07 bits per heavy atom. The smallest absolute Gasteiger partial charge is 0.326 e. The summed E-state index contributed by atoms with van der Waals surface area (Å²) in [7, 11) is 0. The Kier molecular flexibility index (Phi) is 4.39. The lowest BCUT2D eigenvalue weighted by molar-refractivity contribution is -0.153. The van der Waals surface area contributed by atoms with Crippen LogP contribution >= 0.6 is 0 Å². The minimum atomic E-state index is -0.634. The van der Waals surface area contributed by atoms with Gasteiger partial charge in [-0.3, -0.25) is 4.79 Å². The number of rotatable bonds is 6. The van der Waals surface area contributed by atoms with Crippen LogP contribution in [0, 0.1) is 0 Å². The zero-order chi connectivity index (χ0) is 10.4. The monoisotopic (exact) mass is 199 g/mol. The summed E-state index contributed by atoms with van der Waals surface area (Å²) in [5.74, 6) is -0.194. The van der Waals surface area contributed by atoms with Gasteiger partial charge in [0, 0.05) is 0 Å². The number of nitrogens with two attached hydrogens (primary N) is 1. The zero-order valence-electron chi connectivity index (χ0n) is 9.05. The molecule has 14 heavy (non-hydrogen) atoms. The Balaban J connectivity index is 2.03. The first-order valence-corrected chi connectivity index (χ1v) is 5.65. The van der Waals surface area contributed by atoms with Crippen LogP contribution in [0.3, 0.4) is 0 Å². The third-order valence-corrected chi connectivity index (χ3v) is 2.88. The third-order valence-electron chi connectivity index (χ3n) is 2.88. The van der Waals surface area contributed by atoms with Crippen LogP contribution in [0.4, 0.5) is 0 Å². The van der Waals surface area contributed by atoms with Gasteiger partial charge in [-0.2, -0.15) is 0 Å². The van der Waals surface area contributed by atoms with Crippen LogP contribution in [-0.4, -0.2) is 18.1 Å². The van der Waals surface area contributed by atoms with E-state index in [1.165, 1.54) is 12.8 Å². The zero-order valence-corrected chi connectivity index (χ0v) is 9.05. The van der Waals surface area contributed by atoms with Crippen LogP contribution in [0.5, 0.6) is 0 Å². The summed E-state index contributed by atoms with van der Waals surface area (Å²) >= 11 is 0. The predicted molar refractivity (Wildman–Crippen MR) is 55.9 cm³/mol. The van der Waals surface area contributed by atoms with Crippen molar-refractivity contribution in [3.63, 3.8) is 0 Å². The van der Waals surface area contributed by atoms with Gasteiger partial charge < -0.3 is 10.5 Å². The molecule has 0 bridgehead atoms. The Morgan fingerprint density at radius 1 is 1.36 bits per heavy atom. The molecule has 0 spiro atoms. The molecule has 1 fully saturated rings. The van der Waals surface area contributed by atoms with E-state index in [1.54, 1.807) is 0 Å². The summed E-state index contributed by atoms with van der Waals surface area (Å²) in [6, 6.07) is 0. The van der Waals surface area contributed by atoms with Gasteiger partial charge in [0.05, 0.1) is 6.61 Å². The third kappa shape index (κ3) is 2.98. The van der Waals surface area contributed by atoms with E-state index in [0.717, 1.165) is 32.1 Å². The van der Waals surface area contributed by atoms with Crippen molar-refractivity contribution in [2.45, 2.75) is 57.4 Å². The lowest BCUT2D eigenvalue weighted by Crippen LogP contribution is -2.54. The molecule has 0 aromatic heterocycles. The molecule has 1 rings (SSSR count). The first-order chi connectivity index (χ1) is 6.69. The molecule has 1 aliphatic rings. The number of esters is 1. The first kappa shape index (κ1) is 11.5. The summed E-state index contributed by atoms with van der Waals surface area (Å²) in [5, 5.41) is 0. The largest absolute Gasteiger partial charge is 0.464 e. The van der Waals surface area contributed by atoms with Crippen molar-refractivity contribution in [1.29, 1.82) is 0 Å². The van der Waals surface area contributed by atoms with Gasteiger partial charge in [-0.15, -0.1) is 0 Å². The second kappa shape index (κ2) is 5.35. The molecule has 0 unspecified atom stereocenters. The van der Waals surface area contributed by atoms with Crippen molar-refractivity contribution in [2.24, 2.45) is 5.73 Å². The predicted octanol–water partition coefficient (Wildman–Crippen LogP) is 1.99. The molecule has 1 saturated carbocycles. The van der Waals surface area contributed by atoms with Crippen molar-refractivity contribution >= 4 is 5.97 Å². The van der Waals surface area contributed by atoms with Gasteiger partial charge >= 0.3 is 5.97 Å². The highest BCUT2D eigenvalue weighted by Gasteiger charge is 2.41. The minimum absolute atomic E-state index is 0.194. The van der Waals surface area contributed by atoms with Crippen molar-refractivity contribution in [1.82, 2.24) is 0 Å². The van der Waals surface area contributed by atoms with Crippen molar-refractivity contribution in [3.8, 4) is 0 Å². The minimum Gasteiger partial charge on any atom is -0.464 e. The summed E-state index contributed by atoms with van der Waals surface area (Å²) in [6.07, 6.45) is 7.17. The lowest BCUT2D eigenvalue weighted by Gasteiger charge is -2.35. The molecule has 0 saturated heterocycles. The van der Waals surface area contributed by atoms with E-state index >= 15 is 0 Å². The van der Waals surface area contributed by atoms with Gasteiger partial charge in [0.1, 0.15) is 5.54 Å². The van der Waals surface area contributed by atoms with Crippen LogP contribution in [0.2, 0.25) is 0 Å². The molecule has 0 aromatic rings. The maximum atomic E-state index is 11.4. The summed E-state index contributed by atoms with van der Waals surface area (Å²) < 4.78 is 5.13. The molecule has 0 heterocycles. The molecular formula is C11H21NO2. The molecule has 0 amide bonds. The van der Waals surface area contributed by atoms with Crippen molar-refractivity contribution in [3.05, 3.63) is 0 Å². The SMILES string of the molecule is CCCCCCOC(=O)C1(N)CCC1. The topological polar surface area (TPSA) is 52.3 Å². The average Bonchev–Trinajstić information content (AvgIpc) is 2.13. The van der Waals surface area contributed by atoms with Gasteiger partial charge in [-0.1, -0.05) is 26.2 Å². The summed E-state index contributed by atoms with van der Waals surface area (Å²) in [4.78, 5) is 11.4. The molecule has 3 nitrogen and oxygen atoms in total. The highest BCUT2D eigenvalue weighted by molar-refractivity contribution is 5.81. The maximum Gasteiger partial charge on any atom is 0.326 e. The number of carbonyl (C=O) groups excluding carboxylic acids is 1. The Morgan fingerprint density at radius 3 is 2.57 bits per heavy atom. The molecule has 3 heteroatoms. The van der Waals surface area contributed by atoms with Crippen LogP contribution in [-0.2, 0) is 9.53 Å². The van der Waals surface area contributed by atoms with E-state index in [9.17, 15) is 4.79 Å². The number of carbonyl (C=O) groups is 1. The number of hydrogen-bond acceptors (Lipinski definition) is 3. The normalized spacial score (nSPS) is 18.7. The molecule has 0 atom stereocenters. The Labute approximate surface area is 86.0 Å². The van der Waals surface area contributed by atoms with Crippen molar-refractivity contribution in [2.75, 3.05) is 6.61 Å². The van der Waals surface area contributed by atoms with E-state index < -0.39 is 5.54 Å². The quantitative estimate of drug-likeness (QED) is 0.525. The van der Waals surface area contributed by atoms with E-state index in [0.29, 0.717) is 6.61 Å². The maximum absolute atomic E-state index is 11.4. The first-order valence-electron chi connectivity index (χ1n) is 5.65. The summed E-state index contributed by atoms with van der Waals surface area (Å²) in [5.41, 5.74) is 5.18. The van der Waals surface area contributed by atoms with Crippen molar-refractivity contribution < 1.29 is 9.53 Å². The van der Waals surface area contributed by atoms with E-state index in [1.807, 2.05) is 0 Å². The molecule has 1 aliphatic carbocycles. The second-order valence-corrected chi connectivity index (χ2v) is 4.21. The van der Waals surface area contributed by atoms with Gasteiger partial charge in [0.25, 0.3) is 0 Å². The highest BCUT2D eigenvalue weighted by atomic mass is 16.5. The fourth-order valence-electron chi connectivity index (χ4n) is 1.60. The second-order valence-electron chi connectivity index (χ2n) is 4.21. The van der Waals surface area contributed by atoms with Gasteiger partial charge in [0.15, 0.2) is 0 Å². The molecule has 2 N–H and O–H groups in total. The van der Waals surface area contributed by atoms with Crippen LogP contribution in [0.25, 0.3) is 0 Å². The van der Waals surface area contributed by atoms with Gasteiger partial charge in [-0.25, -0.2) is 0 Å². The number of unbranched alkanes of at least 4 members (excludes halogenated alkanes) is 3. The fourth-order valence-corrected chi connectivity index (χ4v) is 1.60.